The molecular formula is C12H20N2O4. The van der Waals surface area contributed by atoms with Crippen molar-refractivity contribution in [1.82, 2.24) is 10.2 Å². The highest BCUT2D eigenvalue weighted by atomic mass is 16.5. The minimum absolute atomic E-state index is 0.0595. The minimum Gasteiger partial charge on any atom is -0.481 e. The number of carboxylic acids is 1. The summed E-state index contributed by atoms with van der Waals surface area (Å²) in [5, 5.41) is 11.7. The number of morpholine rings is 1. The molecule has 2 aliphatic rings. The number of carboxylic acid groups (broad SMARTS) is 1. The number of aliphatic carboxylic acids is 1. The first-order valence-corrected chi connectivity index (χ1v) is 6.51. The molecule has 1 saturated carbocycles. The Bertz CT molecular complexity index is 317. The van der Waals surface area contributed by atoms with Crippen molar-refractivity contribution in [3.63, 3.8) is 0 Å². The van der Waals surface area contributed by atoms with Gasteiger partial charge in [0.1, 0.15) is 0 Å². The zero-order valence-corrected chi connectivity index (χ0v) is 10.4. The van der Waals surface area contributed by atoms with Crippen molar-refractivity contribution in [2.75, 3.05) is 26.3 Å². The lowest BCUT2D eigenvalue weighted by Crippen LogP contribution is -2.53. The zero-order chi connectivity index (χ0) is 13.0. The summed E-state index contributed by atoms with van der Waals surface area (Å²) in [6.45, 7) is 1.93. The van der Waals surface area contributed by atoms with Crippen LogP contribution in [0, 0.1) is 5.92 Å². The zero-order valence-electron chi connectivity index (χ0n) is 10.4. The monoisotopic (exact) mass is 256 g/mol. The Hall–Kier alpha value is -1.30. The van der Waals surface area contributed by atoms with Gasteiger partial charge in [-0.05, 0) is 12.3 Å². The molecule has 18 heavy (non-hydrogen) atoms. The smallest absolute Gasteiger partial charge is 0.317 e. The number of urea groups is 1. The van der Waals surface area contributed by atoms with Crippen molar-refractivity contribution in [3.8, 4) is 0 Å². The highest BCUT2D eigenvalue weighted by Crippen LogP contribution is 2.31. The summed E-state index contributed by atoms with van der Waals surface area (Å²) >= 11 is 0. The van der Waals surface area contributed by atoms with Crippen LogP contribution in [0.3, 0.4) is 0 Å². The van der Waals surface area contributed by atoms with E-state index in [4.69, 9.17) is 9.84 Å². The Labute approximate surface area is 106 Å². The number of amides is 2. The van der Waals surface area contributed by atoms with E-state index >= 15 is 0 Å². The van der Waals surface area contributed by atoms with Crippen molar-refractivity contribution >= 4 is 12.0 Å². The molecule has 0 aromatic heterocycles. The molecule has 2 rings (SSSR count). The average molecular weight is 256 g/mol. The third-order valence-corrected chi connectivity index (χ3v) is 3.42. The maximum Gasteiger partial charge on any atom is 0.317 e. The molecular weight excluding hydrogens is 236 g/mol. The minimum atomic E-state index is -0.902. The van der Waals surface area contributed by atoms with E-state index in [2.05, 4.69) is 5.32 Å². The molecule has 0 radical (unpaired) electrons. The summed E-state index contributed by atoms with van der Waals surface area (Å²) in [7, 11) is 0. The van der Waals surface area contributed by atoms with Gasteiger partial charge in [0.2, 0.25) is 0 Å². The topological polar surface area (TPSA) is 78.9 Å². The standard InChI is InChI=1S/C12H20N2O4/c15-11(16)7-10-8-18-6-5-14(10)12(17)13-4-3-9-1-2-9/h9-10H,1-8H2,(H,13,17)(H,15,16). The van der Waals surface area contributed by atoms with Gasteiger partial charge in [0.15, 0.2) is 0 Å². The predicted molar refractivity (Wildman–Crippen MR) is 64.3 cm³/mol. The van der Waals surface area contributed by atoms with Crippen LogP contribution in [0.15, 0.2) is 0 Å². The van der Waals surface area contributed by atoms with Crippen molar-refractivity contribution < 1.29 is 19.4 Å². The van der Waals surface area contributed by atoms with E-state index in [9.17, 15) is 9.59 Å². The SMILES string of the molecule is O=C(O)CC1COCCN1C(=O)NCCC1CC1. The molecule has 6 heteroatoms. The molecule has 2 amide bonds. The number of carbonyl (C=O) groups is 2. The Morgan fingerprint density at radius 2 is 2.17 bits per heavy atom. The third kappa shape index (κ3) is 3.87. The van der Waals surface area contributed by atoms with Crippen LogP contribution in [0.2, 0.25) is 0 Å². The number of hydrogen-bond acceptors (Lipinski definition) is 3. The van der Waals surface area contributed by atoms with Crippen LogP contribution in [0.4, 0.5) is 4.79 Å². The summed E-state index contributed by atoms with van der Waals surface area (Å²) in [5.41, 5.74) is 0. The molecule has 1 saturated heterocycles. The van der Waals surface area contributed by atoms with E-state index in [0.29, 0.717) is 26.3 Å². The lowest BCUT2D eigenvalue weighted by molar-refractivity contribution is -0.139. The van der Waals surface area contributed by atoms with Crippen LogP contribution < -0.4 is 5.32 Å². The molecule has 1 atom stereocenters. The van der Waals surface area contributed by atoms with Crippen LogP contribution in [-0.4, -0.2) is 54.4 Å². The molecule has 0 spiro atoms. The second kappa shape index (κ2) is 6.04. The Balaban J connectivity index is 1.78. The van der Waals surface area contributed by atoms with E-state index in [1.54, 1.807) is 4.90 Å². The second-order valence-electron chi connectivity index (χ2n) is 4.98. The highest BCUT2D eigenvalue weighted by Gasteiger charge is 2.29. The second-order valence-corrected chi connectivity index (χ2v) is 4.98. The van der Waals surface area contributed by atoms with Gasteiger partial charge in [0.05, 0.1) is 25.7 Å². The molecule has 1 unspecified atom stereocenters. The van der Waals surface area contributed by atoms with Gasteiger partial charge < -0.3 is 20.1 Å². The van der Waals surface area contributed by atoms with E-state index < -0.39 is 5.97 Å². The lowest BCUT2D eigenvalue weighted by atomic mass is 10.1. The Morgan fingerprint density at radius 1 is 1.39 bits per heavy atom. The molecule has 0 aromatic rings. The first-order valence-electron chi connectivity index (χ1n) is 6.51. The van der Waals surface area contributed by atoms with Crippen LogP contribution in [-0.2, 0) is 9.53 Å². The number of hydrogen-bond donors (Lipinski definition) is 2. The summed E-state index contributed by atoms with van der Waals surface area (Å²) in [6.07, 6.45) is 3.51. The van der Waals surface area contributed by atoms with Gasteiger partial charge >= 0.3 is 12.0 Å². The number of nitrogens with zero attached hydrogens (tertiary/aromatic N) is 1. The number of carbonyl (C=O) groups excluding carboxylic acids is 1. The van der Waals surface area contributed by atoms with E-state index in [1.807, 2.05) is 0 Å². The predicted octanol–water partition coefficient (Wildman–Crippen LogP) is 0.672. The first kappa shape index (κ1) is 13.1. The first-order chi connectivity index (χ1) is 8.66. The molecule has 2 N–H and O–H groups in total. The third-order valence-electron chi connectivity index (χ3n) is 3.42. The van der Waals surface area contributed by atoms with Gasteiger partial charge in [-0.1, -0.05) is 12.8 Å². The molecule has 0 bridgehead atoms. The van der Waals surface area contributed by atoms with Crippen LogP contribution >= 0.6 is 0 Å². The maximum atomic E-state index is 12.0. The van der Waals surface area contributed by atoms with Gasteiger partial charge in [-0.2, -0.15) is 0 Å². The summed E-state index contributed by atoms with van der Waals surface area (Å²) in [4.78, 5) is 24.3. The van der Waals surface area contributed by atoms with Crippen LogP contribution in [0.5, 0.6) is 0 Å². The van der Waals surface area contributed by atoms with Gasteiger partial charge in [0, 0.05) is 13.1 Å². The molecule has 6 nitrogen and oxygen atoms in total. The van der Waals surface area contributed by atoms with Crippen molar-refractivity contribution in [2.24, 2.45) is 5.92 Å². The van der Waals surface area contributed by atoms with Crippen LogP contribution in [0.1, 0.15) is 25.7 Å². The molecule has 102 valence electrons. The van der Waals surface area contributed by atoms with E-state index in [1.165, 1.54) is 12.8 Å². The van der Waals surface area contributed by atoms with Crippen LogP contribution in [0.25, 0.3) is 0 Å². The highest BCUT2D eigenvalue weighted by molar-refractivity contribution is 5.76. The van der Waals surface area contributed by atoms with Crippen molar-refractivity contribution in [3.05, 3.63) is 0 Å². The quantitative estimate of drug-likeness (QED) is 0.758. The summed E-state index contributed by atoms with van der Waals surface area (Å²) in [5.74, 6) is -0.119. The van der Waals surface area contributed by atoms with Gasteiger partial charge in [-0.3, -0.25) is 4.79 Å². The van der Waals surface area contributed by atoms with Gasteiger partial charge in [0.25, 0.3) is 0 Å². The fourth-order valence-corrected chi connectivity index (χ4v) is 2.18. The fraction of sp³-hybridized carbons (Fsp3) is 0.833. The van der Waals surface area contributed by atoms with E-state index in [0.717, 1.165) is 12.3 Å². The van der Waals surface area contributed by atoms with Crippen molar-refractivity contribution in [2.45, 2.75) is 31.7 Å². The summed E-state index contributed by atoms with van der Waals surface area (Å²) in [6, 6.07) is -0.512. The average Bonchev–Trinajstić information content (AvgIpc) is 3.13. The fourth-order valence-electron chi connectivity index (χ4n) is 2.18. The van der Waals surface area contributed by atoms with Crippen molar-refractivity contribution in [1.29, 1.82) is 0 Å². The molecule has 1 aliphatic heterocycles. The molecule has 0 aromatic carbocycles. The van der Waals surface area contributed by atoms with E-state index in [-0.39, 0.29) is 18.5 Å². The molecule has 2 fully saturated rings. The maximum absolute atomic E-state index is 12.0. The Kier molecular flexibility index (Phi) is 4.41. The van der Waals surface area contributed by atoms with Gasteiger partial charge in [-0.25, -0.2) is 4.79 Å². The molecule has 1 heterocycles. The lowest BCUT2D eigenvalue weighted by Gasteiger charge is -2.34. The normalized spacial score (nSPS) is 23.8. The van der Waals surface area contributed by atoms with Gasteiger partial charge in [-0.15, -0.1) is 0 Å². The number of rotatable bonds is 5. The largest absolute Gasteiger partial charge is 0.481 e. The number of ether oxygens (including phenoxy) is 1. The molecule has 1 aliphatic carbocycles. The summed E-state index contributed by atoms with van der Waals surface area (Å²) < 4.78 is 5.23. The Morgan fingerprint density at radius 3 is 2.83 bits per heavy atom. The number of nitrogens with one attached hydrogen (secondary N) is 1.